The average Bonchev–Trinajstić information content (AvgIpc) is 2.46. The molecule has 0 unspecified atom stereocenters. The topological polar surface area (TPSA) is 131 Å². The van der Waals surface area contributed by atoms with Crippen LogP contribution in [0.15, 0.2) is 29.2 Å². The molecule has 0 saturated carbocycles. The van der Waals surface area contributed by atoms with Crippen LogP contribution in [0.3, 0.4) is 0 Å². The number of nitrogens with zero attached hydrogens (tertiary/aromatic N) is 3. The van der Waals surface area contributed by atoms with Gasteiger partial charge in [-0.2, -0.15) is 9.97 Å². The summed E-state index contributed by atoms with van der Waals surface area (Å²) in [4.78, 5) is 33.6. The maximum absolute atomic E-state index is 12.2. The van der Waals surface area contributed by atoms with Gasteiger partial charge in [0.2, 0.25) is 5.95 Å². The summed E-state index contributed by atoms with van der Waals surface area (Å²) in [6, 6.07) is 5.13. The Balaban J connectivity index is 2.18. The van der Waals surface area contributed by atoms with E-state index in [2.05, 4.69) is 20.3 Å². The average molecular weight is 447 g/mol. The molecule has 0 fully saturated rings. The van der Waals surface area contributed by atoms with Crippen LogP contribution in [0, 0.1) is 10.5 Å². The number of hydrogen-bond donors (Lipinski definition) is 2. The van der Waals surface area contributed by atoms with Crippen molar-refractivity contribution in [2.24, 2.45) is 0 Å². The lowest BCUT2D eigenvalue weighted by molar-refractivity contribution is 0.111. The van der Waals surface area contributed by atoms with Crippen molar-refractivity contribution in [2.75, 3.05) is 5.32 Å². The SMILES string of the molecule is Cc1nc(C=O)nc(NC(=O)NS(=O)(=O)c2ccccc2I)n1. The molecule has 1 heterocycles. The van der Waals surface area contributed by atoms with Gasteiger partial charge in [-0.1, -0.05) is 12.1 Å². The van der Waals surface area contributed by atoms with Crippen molar-refractivity contribution in [3.05, 3.63) is 39.5 Å². The van der Waals surface area contributed by atoms with Crippen LogP contribution in [0.5, 0.6) is 0 Å². The highest BCUT2D eigenvalue weighted by Gasteiger charge is 2.20. The first-order valence-electron chi connectivity index (χ1n) is 6.08. The fourth-order valence-corrected chi connectivity index (χ4v) is 3.82. The maximum atomic E-state index is 12.2. The van der Waals surface area contributed by atoms with Crippen LogP contribution in [0.2, 0.25) is 0 Å². The fourth-order valence-electron chi connectivity index (χ4n) is 1.58. The van der Waals surface area contributed by atoms with E-state index in [1.165, 1.54) is 13.0 Å². The summed E-state index contributed by atoms with van der Waals surface area (Å²) in [5.74, 6) is -0.193. The van der Waals surface area contributed by atoms with E-state index in [1.54, 1.807) is 18.2 Å². The van der Waals surface area contributed by atoms with Crippen molar-refractivity contribution in [1.29, 1.82) is 0 Å². The number of nitrogens with one attached hydrogen (secondary N) is 2. The molecule has 0 bridgehead atoms. The number of halogens is 1. The third-order valence-electron chi connectivity index (χ3n) is 2.45. The first-order chi connectivity index (χ1) is 10.8. The number of aryl methyl sites for hydroxylation is 1. The van der Waals surface area contributed by atoms with Gasteiger partial charge in [-0.05, 0) is 41.6 Å². The zero-order valence-electron chi connectivity index (χ0n) is 11.6. The minimum atomic E-state index is -4.05. The van der Waals surface area contributed by atoms with Crippen molar-refractivity contribution in [3.8, 4) is 0 Å². The Morgan fingerprint density at radius 3 is 2.57 bits per heavy atom. The first-order valence-corrected chi connectivity index (χ1v) is 8.64. The molecular weight excluding hydrogens is 437 g/mol. The van der Waals surface area contributed by atoms with E-state index in [-0.39, 0.29) is 22.5 Å². The van der Waals surface area contributed by atoms with Gasteiger partial charge in [-0.15, -0.1) is 0 Å². The van der Waals surface area contributed by atoms with Crippen LogP contribution >= 0.6 is 22.6 Å². The Morgan fingerprint density at radius 1 is 1.22 bits per heavy atom. The van der Waals surface area contributed by atoms with E-state index in [4.69, 9.17) is 0 Å². The molecule has 11 heteroatoms. The van der Waals surface area contributed by atoms with E-state index >= 15 is 0 Å². The molecule has 0 aliphatic carbocycles. The van der Waals surface area contributed by atoms with Crippen molar-refractivity contribution in [3.63, 3.8) is 0 Å². The Hall–Kier alpha value is -2.15. The van der Waals surface area contributed by atoms with E-state index in [0.29, 0.717) is 9.86 Å². The molecule has 2 rings (SSSR count). The van der Waals surface area contributed by atoms with Gasteiger partial charge in [0.05, 0.1) is 0 Å². The number of aromatic nitrogens is 3. The van der Waals surface area contributed by atoms with Crippen LogP contribution in [0.4, 0.5) is 10.7 Å². The Kier molecular flexibility index (Phi) is 5.20. The van der Waals surface area contributed by atoms with Gasteiger partial charge < -0.3 is 0 Å². The highest BCUT2D eigenvalue weighted by atomic mass is 127. The maximum Gasteiger partial charge on any atom is 0.335 e. The standard InChI is InChI=1S/C12H10IN5O4S/c1-7-14-10(6-19)16-11(15-7)17-12(20)18-23(21,22)9-5-3-2-4-8(9)13/h2-6H,1H3,(H2,14,15,16,17,18,20). The Bertz CT molecular complexity index is 872. The number of amides is 2. The third kappa shape index (κ3) is 4.41. The summed E-state index contributed by atoms with van der Waals surface area (Å²) in [5.41, 5.74) is 0. The smallest absolute Gasteiger partial charge is 0.294 e. The molecule has 2 N–H and O–H groups in total. The number of benzene rings is 1. The summed E-state index contributed by atoms with van der Waals surface area (Å²) in [5, 5.41) is 2.15. The second-order valence-corrected chi connectivity index (χ2v) is 6.99. The van der Waals surface area contributed by atoms with E-state index in [0.717, 1.165) is 0 Å². The lowest BCUT2D eigenvalue weighted by atomic mass is 10.4. The van der Waals surface area contributed by atoms with Gasteiger partial charge in [-0.25, -0.2) is 22.9 Å². The highest BCUT2D eigenvalue weighted by Crippen LogP contribution is 2.17. The second kappa shape index (κ2) is 6.95. The molecule has 0 aliphatic rings. The molecule has 0 radical (unpaired) electrons. The van der Waals surface area contributed by atoms with Gasteiger partial charge in [0.25, 0.3) is 10.0 Å². The summed E-state index contributed by atoms with van der Waals surface area (Å²) >= 11 is 1.85. The molecular formula is C12H10IN5O4S. The second-order valence-electron chi connectivity index (χ2n) is 4.17. The van der Waals surface area contributed by atoms with Crippen LogP contribution in [-0.4, -0.2) is 35.7 Å². The molecule has 0 spiro atoms. The Labute approximate surface area is 145 Å². The van der Waals surface area contributed by atoms with Gasteiger partial charge >= 0.3 is 6.03 Å². The van der Waals surface area contributed by atoms with Crippen LogP contribution in [-0.2, 0) is 10.0 Å². The molecule has 0 saturated heterocycles. The predicted octanol–water partition coefficient (Wildman–Crippen LogP) is 1.11. The minimum absolute atomic E-state index is 0.0313. The minimum Gasteiger partial charge on any atom is -0.294 e. The van der Waals surface area contributed by atoms with E-state index < -0.39 is 16.1 Å². The molecule has 1 aromatic heterocycles. The van der Waals surface area contributed by atoms with Crippen LogP contribution in [0.1, 0.15) is 16.4 Å². The lowest BCUT2D eigenvalue weighted by Crippen LogP contribution is -2.35. The third-order valence-corrected chi connectivity index (χ3v) is 5.14. The van der Waals surface area contributed by atoms with Crippen molar-refractivity contribution in [2.45, 2.75) is 11.8 Å². The molecule has 120 valence electrons. The van der Waals surface area contributed by atoms with Crippen molar-refractivity contribution < 1.29 is 18.0 Å². The van der Waals surface area contributed by atoms with Crippen LogP contribution < -0.4 is 10.0 Å². The normalized spacial score (nSPS) is 10.9. The molecule has 0 aliphatic heterocycles. The number of carbonyl (C=O) groups excluding carboxylic acids is 2. The number of rotatable bonds is 4. The summed E-state index contributed by atoms with van der Waals surface area (Å²) in [6.07, 6.45) is 0.390. The zero-order chi connectivity index (χ0) is 17.0. The monoisotopic (exact) mass is 447 g/mol. The summed E-state index contributed by atoms with van der Waals surface area (Å²) in [6.45, 7) is 1.50. The summed E-state index contributed by atoms with van der Waals surface area (Å²) in [7, 11) is -4.05. The summed E-state index contributed by atoms with van der Waals surface area (Å²) < 4.78 is 26.6. The van der Waals surface area contributed by atoms with E-state index in [1.807, 2.05) is 27.3 Å². The largest absolute Gasteiger partial charge is 0.335 e. The Morgan fingerprint density at radius 2 is 1.91 bits per heavy atom. The predicted molar refractivity (Wildman–Crippen MR) is 88.5 cm³/mol. The number of hydrogen-bond acceptors (Lipinski definition) is 7. The van der Waals surface area contributed by atoms with Crippen LogP contribution in [0.25, 0.3) is 0 Å². The molecule has 23 heavy (non-hydrogen) atoms. The zero-order valence-corrected chi connectivity index (χ0v) is 14.6. The van der Waals surface area contributed by atoms with Crippen molar-refractivity contribution >= 4 is 50.9 Å². The first kappa shape index (κ1) is 17.2. The quantitative estimate of drug-likeness (QED) is 0.530. The highest BCUT2D eigenvalue weighted by molar-refractivity contribution is 14.1. The molecule has 9 nitrogen and oxygen atoms in total. The molecule has 2 aromatic rings. The molecule has 0 atom stereocenters. The number of urea groups is 1. The van der Waals surface area contributed by atoms with Gasteiger partial charge in [0.15, 0.2) is 12.1 Å². The number of aldehydes is 1. The fraction of sp³-hybridized carbons (Fsp3) is 0.0833. The number of carbonyl (C=O) groups is 2. The van der Waals surface area contributed by atoms with Gasteiger partial charge in [0, 0.05) is 3.57 Å². The van der Waals surface area contributed by atoms with E-state index in [9.17, 15) is 18.0 Å². The van der Waals surface area contributed by atoms with Crippen molar-refractivity contribution in [1.82, 2.24) is 19.7 Å². The number of anilines is 1. The molecule has 2 amide bonds. The number of sulfonamides is 1. The lowest BCUT2D eigenvalue weighted by Gasteiger charge is -2.09. The van der Waals surface area contributed by atoms with Gasteiger partial charge in [-0.3, -0.25) is 10.1 Å². The van der Waals surface area contributed by atoms with Gasteiger partial charge in [0.1, 0.15) is 10.7 Å². The molecule has 1 aromatic carbocycles.